The van der Waals surface area contributed by atoms with Gasteiger partial charge in [-0.05, 0) is 54.9 Å². The van der Waals surface area contributed by atoms with Crippen molar-refractivity contribution >= 4 is 16.9 Å². The molecule has 5 heteroatoms. The van der Waals surface area contributed by atoms with E-state index in [0.29, 0.717) is 5.41 Å². The Hall–Kier alpha value is -2.04. The van der Waals surface area contributed by atoms with E-state index in [-0.39, 0.29) is 5.82 Å². The third-order valence-electron chi connectivity index (χ3n) is 5.77. The molecular weight excluding hydrogens is 303 g/mol. The predicted molar refractivity (Wildman–Crippen MR) is 95.8 cm³/mol. The summed E-state index contributed by atoms with van der Waals surface area (Å²) in [5.74, 6) is 0.819. The summed E-state index contributed by atoms with van der Waals surface area (Å²) in [6.07, 6.45) is 8.27. The molecule has 0 amide bonds. The van der Waals surface area contributed by atoms with Crippen molar-refractivity contribution in [1.82, 2.24) is 15.2 Å². The van der Waals surface area contributed by atoms with Crippen LogP contribution < -0.4 is 5.32 Å². The van der Waals surface area contributed by atoms with Crippen LogP contribution in [0.4, 0.5) is 4.39 Å². The predicted octanol–water partition coefficient (Wildman–Crippen LogP) is 3.30. The average molecular weight is 328 g/mol. The average Bonchev–Trinajstić information content (AvgIpc) is 3.16. The molecule has 0 radical (unpaired) electrons. The zero-order chi connectivity index (χ0) is 16.6. The van der Waals surface area contributed by atoms with Gasteiger partial charge >= 0.3 is 0 Å². The molecule has 4 rings (SSSR count). The van der Waals surface area contributed by atoms with Gasteiger partial charge in [-0.15, -0.1) is 0 Å². The van der Waals surface area contributed by atoms with Gasteiger partial charge in [0, 0.05) is 43.8 Å². The molecule has 0 bridgehead atoms. The van der Waals surface area contributed by atoms with Gasteiger partial charge < -0.3 is 15.2 Å². The second kappa shape index (κ2) is 6.11. The summed E-state index contributed by atoms with van der Waals surface area (Å²) in [5.41, 5.74) is 2.71. The van der Waals surface area contributed by atoms with Crippen LogP contribution in [0.15, 0.2) is 29.4 Å². The van der Waals surface area contributed by atoms with E-state index in [0.717, 1.165) is 48.5 Å². The van der Waals surface area contributed by atoms with E-state index in [1.807, 2.05) is 13.2 Å². The second-order valence-electron chi connectivity index (χ2n) is 7.25. The standard InChI is InChI=1S/C19H25FN4/c1-21-18(24-10-8-19(13-24)6-2-7-19)22-9-5-14-12-23-17-4-3-15(20)11-16(14)17/h3-4,11-12,23H,2,5-10,13H2,1H3,(H,21,22). The molecular formula is C19H25FN4. The Balaban J connectivity index is 1.36. The molecule has 1 aliphatic heterocycles. The van der Waals surface area contributed by atoms with E-state index in [1.54, 1.807) is 12.1 Å². The second-order valence-corrected chi connectivity index (χ2v) is 7.25. The third kappa shape index (κ3) is 2.76. The van der Waals surface area contributed by atoms with E-state index < -0.39 is 0 Å². The van der Waals surface area contributed by atoms with E-state index in [1.165, 1.54) is 31.7 Å². The van der Waals surface area contributed by atoms with Crippen molar-refractivity contribution in [2.45, 2.75) is 32.1 Å². The van der Waals surface area contributed by atoms with Gasteiger partial charge in [0.2, 0.25) is 0 Å². The first kappa shape index (κ1) is 15.5. The number of nitrogens with zero attached hydrogens (tertiary/aromatic N) is 2. The monoisotopic (exact) mass is 328 g/mol. The van der Waals surface area contributed by atoms with Crippen molar-refractivity contribution in [3.63, 3.8) is 0 Å². The molecule has 1 aliphatic carbocycles. The summed E-state index contributed by atoms with van der Waals surface area (Å²) in [6.45, 7) is 3.06. The molecule has 1 saturated heterocycles. The SMILES string of the molecule is CN=C(NCCc1c[nH]c2ccc(F)cc12)N1CCC2(CCC2)C1. The van der Waals surface area contributed by atoms with Crippen LogP contribution in [0.1, 0.15) is 31.2 Å². The number of likely N-dealkylation sites (tertiary alicyclic amines) is 1. The normalized spacial score (nSPS) is 19.9. The maximum atomic E-state index is 13.5. The first-order chi connectivity index (χ1) is 11.7. The van der Waals surface area contributed by atoms with Crippen LogP contribution >= 0.6 is 0 Å². The molecule has 2 N–H and O–H groups in total. The van der Waals surface area contributed by atoms with Crippen molar-refractivity contribution in [2.24, 2.45) is 10.4 Å². The van der Waals surface area contributed by atoms with Gasteiger partial charge in [-0.2, -0.15) is 0 Å². The van der Waals surface area contributed by atoms with Gasteiger partial charge in [-0.1, -0.05) is 6.42 Å². The minimum atomic E-state index is -0.185. The number of hydrogen-bond acceptors (Lipinski definition) is 1. The molecule has 1 aromatic heterocycles. The number of H-pyrrole nitrogens is 1. The molecule has 2 fully saturated rings. The topological polar surface area (TPSA) is 43.4 Å². The third-order valence-corrected chi connectivity index (χ3v) is 5.77. The van der Waals surface area contributed by atoms with Crippen LogP contribution in [-0.2, 0) is 6.42 Å². The van der Waals surface area contributed by atoms with Gasteiger partial charge in [0.05, 0.1) is 0 Å². The number of hydrogen-bond donors (Lipinski definition) is 2. The minimum Gasteiger partial charge on any atom is -0.361 e. The van der Waals surface area contributed by atoms with Crippen molar-refractivity contribution < 1.29 is 4.39 Å². The zero-order valence-electron chi connectivity index (χ0n) is 14.2. The van der Waals surface area contributed by atoms with Crippen molar-refractivity contribution in [3.8, 4) is 0 Å². The summed E-state index contributed by atoms with van der Waals surface area (Å²) in [6, 6.07) is 4.89. The lowest BCUT2D eigenvalue weighted by molar-refractivity contribution is 0.151. The first-order valence-electron chi connectivity index (χ1n) is 8.90. The quantitative estimate of drug-likeness (QED) is 0.671. The van der Waals surface area contributed by atoms with Gasteiger partial charge in [0.25, 0.3) is 0 Å². The van der Waals surface area contributed by atoms with Crippen molar-refractivity contribution in [3.05, 3.63) is 35.8 Å². The molecule has 2 aliphatic rings. The number of benzene rings is 1. The molecule has 128 valence electrons. The Kier molecular flexibility index (Phi) is 3.94. The molecule has 2 heterocycles. The van der Waals surface area contributed by atoms with Gasteiger partial charge in [-0.3, -0.25) is 4.99 Å². The summed E-state index contributed by atoms with van der Waals surface area (Å²) < 4.78 is 13.5. The highest BCUT2D eigenvalue weighted by atomic mass is 19.1. The lowest BCUT2D eigenvalue weighted by Gasteiger charge is -2.38. The van der Waals surface area contributed by atoms with Gasteiger partial charge in [-0.25, -0.2) is 4.39 Å². The van der Waals surface area contributed by atoms with Crippen LogP contribution in [0, 0.1) is 11.2 Å². The lowest BCUT2D eigenvalue weighted by Crippen LogP contribution is -2.43. The fourth-order valence-corrected chi connectivity index (χ4v) is 4.20. The van der Waals surface area contributed by atoms with Gasteiger partial charge in [0.1, 0.15) is 5.82 Å². The van der Waals surface area contributed by atoms with Crippen LogP contribution in [0.25, 0.3) is 10.9 Å². The molecule has 1 aromatic carbocycles. The van der Waals surface area contributed by atoms with E-state index in [4.69, 9.17) is 0 Å². The number of nitrogens with one attached hydrogen (secondary N) is 2. The molecule has 24 heavy (non-hydrogen) atoms. The highest BCUT2D eigenvalue weighted by molar-refractivity contribution is 5.83. The molecule has 1 spiro atoms. The Morgan fingerprint density at radius 1 is 1.38 bits per heavy atom. The van der Waals surface area contributed by atoms with Crippen LogP contribution in [-0.4, -0.2) is 42.5 Å². The molecule has 1 saturated carbocycles. The molecule has 4 nitrogen and oxygen atoms in total. The summed E-state index contributed by atoms with van der Waals surface area (Å²) in [7, 11) is 1.86. The highest BCUT2D eigenvalue weighted by Gasteiger charge is 2.43. The van der Waals surface area contributed by atoms with E-state index >= 15 is 0 Å². The first-order valence-corrected chi connectivity index (χ1v) is 8.90. The molecule has 2 aromatic rings. The molecule has 0 atom stereocenters. The summed E-state index contributed by atoms with van der Waals surface area (Å²) >= 11 is 0. The Labute approximate surface area is 142 Å². The maximum absolute atomic E-state index is 13.5. The van der Waals surface area contributed by atoms with Crippen LogP contribution in [0.5, 0.6) is 0 Å². The smallest absolute Gasteiger partial charge is 0.193 e. The molecule has 0 unspecified atom stereocenters. The van der Waals surface area contributed by atoms with Crippen molar-refractivity contribution in [1.29, 1.82) is 0 Å². The fraction of sp³-hybridized carbons (Fsp3) is 0.526. The number of aromatic nitrogens is 1. The summed E-state index contributed by atoms with van der Waals surface area (Å²) in [4.78, 5) is 10.1. The minimum absolute atomic E-state index is 0.185. The van der Waals surface area contributed by atoms with Gasteiger partial charge in [0.15, 0.2) is 5.96 Å². The van der Waals surface area contributed by atoms with Crippen LogP contribution in [0.2, 0.25) is 0 Å². The van der Waals surface area contributed by atoms with Crippen molar-refractivity contribution in [2.75, 3.05) is 26.7 Å². The number of rotatable bonds is 3. The van der Waals surface area contributed by atoms with E-state index in [9.17, 15) is 4.39 Å². The Morgan fingerprint density at radius 2 is 2.25 bits per heavy atom. The van der Waals surface area contributed by atoms with Crippen LogP contribution in [0.3, 0.4) is 0 Å². The Bertz CT molecular complexity index is 760. The Morgan fingerprint density at radius 3 is 2.96 bits per heavy atom. The highest BCUT2D eigenvalue weighted by Crippen LogP contribution is 2.47. The summed E-state index contributed by atoms with van der Waals surface area (Å²) in [5, 5.41) is 4.46. The number of aliphatic imine (C=N–C) groups is 1. The largest absolute Gasteiger partial charge is 0.361 e. The fourth-order valence-electron chi connectivity index (χ4n) is 4.20. The zero-order valence-corrected chi connectivity index (χ0v) is 14.2. The number of fused-ring (bicyclic) bond motifs is 1. The number of guanidine groups is 1. The maximum Gasteiger partial charge on any atom is 0.193 e. The van der Waals surface area contributed by atoms with E-state index in [2.05, 4.69) is 20.2 Å². The number of halogens is 1. The lowest BCUT2D eigenvalue weighted by atomic mass is 9.68. The number of aromatic amines is 1.